The number of aromatic hydroxyl groups is 1. The van der Waals surface area contributed by atoms with Crippen molar-refractivity contribution in [1.82, 2.24) is 0 Å². The van der Waals surface area contributed by atoms with Crippen molar-refractivity contribution >= 4 is 0 Å². The maximum atomic E-state index is 9.94. The van der Waals surface area contributed by atoms with E-state index in [0.717, 1.165) is 18.4 Å². The maximum absolute atomic E-state index is 9.94. The van der Waals surface area contributed by atoms with E-state index in [1.54, 1.807) is 6.07 Å². The first-order valence-electron chi connectivity index (χ1n) is 9.90. The van der Waals surface area contributed by atoms with Gasteiger partial charge in [-0.25, -0.2) is 0 Å². The zero-order chi connectivity index (χ0) is 19.3. The zero-order valence-electron chi connectivity index (χ0n) is 15.9. The molecular formula is C25H26O3. The Morgan fingerprint density at radius 1 is 0.893 bits per heavy atom. The SMILES string of the molecule is OCCOCc1ccc(C2c3ccc(O)cc3CC[C@@H]2c2ccccc2)cc1. The third-order valence-electron chi connectivity index (χ3n) is 5.66. The summed E-state index contributed by atoms with van der Waals surface area (Å²) in [6, 6.07) is 25.2. The number of aliphatic hydroxyl groups excluding tert-OH is 1. The summed E-state index contributed by atoms with van der Waals surface area (Å²) >= 11 is 0. The summed E-state index contributed by atoms with van der Waals surface area (Å²) in [7, 11) is 0. The smallest absolute Gasteiger partial charge is 0.115 e. The van der Waals surface area contributed by atoms with Crippen molar-refractivity contribution in [3.8, 4) is 5.75 Å². The van der Waals surface area contributed by atoms with Gasteiger partial charge in [0.2, 0.25) is 0 Å². The van der Waals surface area contributed by atoms with Gasteiger partial charge in [0.25, 0.3) is 0 Å². The molecule has 0 saturated heterocycles. The number of hydrogen-bond donors (Lipinski definition) is 2. The highest BCUT2D eigenvalue weighted by Gasteiger charge is 2.32. The first-order valence-corrected chi connectivity index (χ1v) is 9.90. The number of aryl methyl sites for hydroxylation is 1. The Kier molecular flexibility index (Phi) is 5.75. The molecule has 0 bridgehead atoms. The minimum absolute atomic E-state index is 0.0442. The molecule has 144 valence electrons. The number of ether oxygens (including phenoxy) is 1. The maximum Gasteiger partial charge on any atom is 0.115 e. The molecule has 0 spiro atoms. The van der Waals surface area contributed by atoms with Crippen molar-refractivity contribution < 1.29 is 14.9 Å². The molecule has 3 nitrogen and oxygen atoms in total. The van der Waals surface area contributed by atoms with E-state index in [4.69, 9.17) is 9.84 Å². The summed E-state index contributed by atoms with van der Waals surface area (Å²) in [5, 5.41) is 18.8. The minimum Gasteiger partial charge on any atom is -0.508 e. The normalized spacial score (nSPS) is 18.6. The summed E-state index contributed by atoms with van der Waals surface area (Å²) in [4.78, 5) is 0. The quantitative estimate of drug-likeness (QED) is 0.612. The molecule has 1 aliphatic carbocycles. The van der Waals surface area contributed by atoms with Crippen LogP contribution >= 0.6 is 0 Å². The van der Waals surface area contributed by atoms with E-state index < -0.39 is 0 Å². The van der Waals surface area contributed by atoms with Crippen molar-refractivity contribution in [2.24, 2.45) is 0 Å². The topological polar surface area (TPSA) is 49.7 Å². The average molecular weight is 374 g/mol. The zero-order valence-corrected chi connectivity index (χ0v) is 15.9. The van der Waals surface area contributed by atoms with Gasteiger partial charge in [0.15, 0.2) is 0 Å². The largest absolute Gasteiger partial charge is 0.508 e. The lowest BCUT2D eigenvalue weighted by atomic mass is 9.69. The number of rotatable bonds is 6. The van der Waals surface area contributed by atoms with E-state index in [1.165, 1.54) is 22.3 Å². The Morgan fingerprint density at radius 3 is 2.43 bits per heavy atom. The lowest BCUT2D eigenvalue weighted by Gasteiger charge is -2.35. The Morgan fingerprint density at radius 2 is 1.68 bits per heavy atom. The summed E-state index contributed by atoms with van der Waals surface area (Å²) in [6.45, 7) is 0.915. The van der Waals surface area contributed by atoms with Gasteiger partial charge in [-0.1, -0.05) is 60.7 Å². The van der Waals surface area contributed by atoms with Gasteiger partial charge in [0.1, 0.15) is 5.75 Å². The molecule has 3 aromatic rings. The van der Waals surface area contributed by atoms with Crippen LogP contribution in [0.1, 0.15) is 46.1 Å². The molecule has 28 heavy (non-hydrogen) atoms. The lowest BCUT2D eigenvalue weighted by molar-refractivity contribution is 0.0815. The van der Waals surface area contributed by atoms with Gasteiger partial charge < -0.3 is 14.9 Å². The molecule has 3 heteroatoms. The summed E-state index contributed by atoms with van der Waals surface area (Å²) < 4.78 is 5.44. The fraction of sp³-hybridized carbons (Fsp3) is 0.280. The average Bonchev–Trinajstić information content (AvgIpc) is 2.74. The van der Waals surface area contributed by atoms with Crippen LogP contribution in [0.5, 0.6) is 5.75 Å². The molecule has 2 atom stereocenters. The van der Waals surface area contributed by atoms with Gasteiger partial charge in [0, 0.05) is 5.92 Å². The number of benzene rings is 3. The monoisotopic (exact) mass is 374 g/mol. The van der Waals surface area contributed by atoms with E-state index in [2.05, 4.69) is 60.7 Å². The molecule has 0 fully saturated rings. The van der Waals surface area contributed by atoms with Crippen molar-refractivity contribution in [2.75, 3.05) is 13.2 Å². The molecule has 1 aliphatic rings. The fourth-order valence-electron chi connectivity index (χ4n) is 4.35. The third kappa shape index (κ3) is 3.96. The summed E-state index contributed by atoms with van der Waals surface area (Å²) in [5.74, 6) is 1.01. The molecule has 0 aromatic heterocycles. The third-order valence-corrected chi connectivity index (χ3v) is 5.66. The van der Waals surface area contributed by atoms with Crippen LogP contribution in [-0.2, 0) is 17.8 Å². The van der Waals surface area contributed by atoms with Gasteiger partial charge in [-0.05, 0) is 58.7 Å². The van der Waals surface area contributed by atoms with E-state index in [-0.39, 0.29) is 12.5 Å². The molecule has 3 aromatic carbocycles. The van der Waals surface area contributed by atoms with E-state index >= 15 is 0 Å². The Labute approximate surface area is 166 Å². The highest BCUT2D eigenvalue weighted by atomic mass is 16.5. The van der Waals surface area contributed by atoms with Gasteiger partial charge in [0.05, 0.1) is 19.8 Å². The molecule has 0 radical (unpaired) electrons. The number of phenolic OH excluding ortho intramolecular Hbond substituents is 1. The second-order valence-corrected chi connectivity index (χ2v) is 7.43. The van der Waals surface area contributed by atoms with E-state index in [1.807, 2.05) is 6.07 Å². The second kappa shape index (κ2) is 8.59. The van der Waals surface area contributed by atoms with Crippen LogP contribution in [0.15, 0.2) is 72.8 Å². The number of hydrogen-bond acceptors (Lipinski definition) is 3. The predicted octanol–water partition coefficient (Wildman–Crippen LogP) is 4.76. The van der Waals surface area contributed by atoms with Crippen LogP contribution in [0.3, 0.4) is 0 Å². The minimum atomic E-state index is 0.0442. The summed E-state index contributed by atoms with van der Waals surface area (Å²) in [5.41, 5.74) is 6.30. The molecule has 0 aliphatic heterocycles. The van der Waals surface area contributed by atoms with Crippen molar-refractivity contribution in [3.63, 3.8) is 0 Å². The Balaban J connectivity index is 1.69. The second-order valence-electron chi connectivity index (χ2n) is 7.43. The highest BCUT2D eigenvalue weighted by molar-refractivity contribution is 5.47. The number of phenols is 1. The van der Waals surface area contributed by atoms with Crippen LogP contribution in [0.4, 0.5) is 0 Å². The van der Waals surface area contributed by atoms with Crippen molar-refractivity contribution in [1.29, 1.82) is 0 Å². The number of fused-ring (bicyclic) bond motifs is 1. The van der Waals surface area contributed by atoms with Gasteiger partial charge >= 0.3 is 0 Å². The molecular weight excluding hydrogens is 348 g/mol. The van der Waals surface area contributed by atoms with E-state index in [9.17, 15) is 5.11 Å². The van der Waals surface area contributed by atoms with E-state index in [0.29, 0.717) is 24.9 Å². The van der Waals surface area contributed by atoms with Crippen molar-refractivity contribution in [3.05, 3.63) is 101 Å². The van der Waals surface area contributed by atoms with Crippen LogP contribution in [-0.4, -0.2) is 23.4 Å². The number of aliphatic hydroxyl groups is 1. The fourth-order valence-corrected chi connectivity index (χ4v) is 4.35. The predicted molar refractivity (Wildman–Crippen MR) is 111 cm³/mol. The van der Waals surface area contributed by atoms with Crippen LogP contribution in [0.2, 0.25) is 0 Å². The van der Waals surface area contributed by atoms with Crippen LogP contribution in [0, 0.1) is 0 Å². The van der Waals surface area contributed by atoms with Gasteiger partial charge in [-0.3, -0.25) is 0 Å². The molecule has 1 unspecified atom stereocenters. The van der Waals surface area contributed by atoms with Crippen molar-refractivity contribution in [2.45, 2.75) is 31.3 Å². The first-order chi connectivity index (χ1) is 13.8. The van der Waals surface area contributed by atoms with Crippen LogP contribution < -0.4 is 0 Å². The lowest BCUT2D eigenvalue weighted by Crippen LogP contribution is -2.20. The highest BCUT2D eigenvalue weighted by Crippen LogP contribution is 2.46. The van der Waals surface area contributed by atoms with Gasteiger partial charge in [-0.15, -0.1) is 0 Å². The summed E-state index contributed by atoms with van der Waals surface area (Å²) in [6.07, 6.45) is 2.04. The standard InChI is InChI=1S/C25H26O3/c26-14-15-28-17-18-6-8-20(9-7-18)25-23(19-4-2-1-3-5-19)12-10-21-16-22(27)11-13-24(21)25/h1-9,11,13,16,23,25-27H,10,12,14-15,17H2/t23-,25?/m1/s1. The molecule has 0 amide bonds. The van der Waals surface area contributed by atoms with Gasteiger partial charge in [-0.2, -0.15) is 0 Å². The molecule has 0 saturated carbocycles. The first kappa shape index (κ1) is 18.7. The van der Waals surface area contributed by atoms with Crippen LogP contribution in [0.25, 0.3) is 0 Å². The molecule has 2 N–H and O–H groups in total. The molecule has 4 rings (SSSR count). The Hall–Kier alpha value is -2.62. The Bertz CT molecular complexity index is 903. The molecule has 0 heterocycles.